The van der Waals surface area contributed by atoms with Crippen LogP contribution in [0.15, 0.2) is 52.9 Å². The van der Waals surface area contributed by atoms with E-state index in [2.05, 4.69) is 10.3 Å². The Kier molecular flexibility index (Phi) is 3.14. The third kappa shape index (κ3) is 2.73. The molecule has 96 valence electrons. The minimum absolute atomic E-state index is 0.212. The maximum Gasteiger partial charge on any atom is 0.295 e. The van der Waals surface area contributed by atoms with Crippen molar-refractivity contribution < 1.29 is 8.81 Å². The fourth-order valence-corrected chi connectivity index (χ4v) is 1.91. The van der Waals surface area contributed by atoms with Crippen LogP contribution in [0, 0.1) is 5.82 Å². The predicted molar refractivity (Wildman–Crippen MR) is 72.6 cm³/mol. The highest BCUT2D eigenvalue weighted by Gasteiger charge is 2.03. The molecule has 1 N–H and O–H groups in total. The van der Waals surface area contributed by atoms with Crippen LogP contribution in [0.3, 0.4) is 0 Å². The molecule has 2 aromatic carbocycles. The van der Waals surface area contributed by atoms with Crippen LogP contribution >= 0.6 is 0 Å². The molecule has 0 atom stereocenters. The highest BCUT2D eigenvalue weighted by atomic mass is 19.1. The first kappa shape index (κ1) is 11.7. The number of para-hydroxylation sites is 2. The van der Waals surface area contributed by atoms with Crippen LogP contribution in [0.1, 0.15) is 5.56 Å². The summed E-state index contributed by atoms with van der Waals surface area (Å²) in [5.41, 5.74) is 2.68. The Morgan fingerprint density at radius 1 is 1.05 bits per heavy atom. The van der Waals surface area contributed by atoms with Gasteiger partial charge in [-0.1, -0.05) is 24.3 Å². The van der Waals surface area contributed by atoms with Crippen molar-refractivity contribution >= 4 is 17.1 Å². The summed E-state index contributed by atoms with van der Waals surface area (Å²) in [6, 6.07) is 14.6. The Hall–Kier alpha value is -2.36. The normalized spacial score (nSPS) is 10.8. The zero-order valence-electron chi connectivity index (χ0n) is 10.3. The highest BCUT2D eigenvalue weighted by molar-refractivity contribution is 5.74. The number of benzene rings is 2. The molecule has 0 fully saturated rings. The molecule has 0 bridgehead atoms. The molecule has 0 amide bonds. The number of hydrogen-bond donors (Lipinski definition) is 1. The monoisotopic (exact) mass is 256 g/mol. The Morgan fingerprint density at radius 3 is 2.63 bits per heavy atom. The van der Waals surface area contributed by atoms with Gasteiger partial charge in [-0.25, -0.2) is 4.39 Å². The number of oxazole rings is 1. The minimum Gasteiger partial charge on any atom is -0.424 e. The molecule has 3 aromatic rings. The van der Waals surface area contributed by atoms with E-state index in [9.17, 15) is 4.39 Å². The van der Waals surface area contributed by atoms with E-state index >= 15 is 0 Å². The smallest absolute Gasteiger partial charge is 0.295 e. The summed E-state index contributed by atoms with van der Waals surface area (Å²) < 4.78 is 18.3. The summed E-state index contributed by atoms with van der Waals surface area (Å²) in [6.07, 6.45) is 0.791. The predicted octanol–water partition coefficient (Wildman–Crippen LogP) is 3.62. The summed E-state index contributed by atoms with van der Waals surface area (Å²) >= 11 is 0. The first-order valence-corrected chi connectivity index (χ1v) is 6.15. The van der Waals surface area contributed by atoms with Gasteiger partial charge in [0.2, 0.25) is 0 Å². The van der Waals surface area contributed by atoms with Crippen LogP contribution < -0.4 is 5.32 Å². The van der Waals surface area contributed by atoms with Gasteiger partial charge in [0.15, 0.2) is 5.58 Å². The first-order chi connectivity index (χ1) is 9.31. The summed E-state index contributed by atoms with van der Waals surface area (Å²) in [6.45, 7) is 0.693. The van der Waals surface area contributed by atoms with Gasteiger partial charge < -0.3 is 9.73 Å². The minimum atomic E-state index is -0.212. The Labute approximate surface area is 110 Å². The number of nitrogens with zero attached hydrogens (tertiary/aromatic N) is 1. The lowest BCUT2D eigenvalue weighted by Crippen LogP contribution is -2.04. The Balaban J connectivity index is 1.61. The Morgan fingerprint density at radius 2 is 1.84 bits per heavy atom. The lowest BCUT2D eigenvalue weighted by molar-refractivity contribution is 0.614. The van der Waals surface area contributed by atoms with Crippen molar-refractivity contribution in [2.45, 2.75) is 6.42 Å². The van der Waals surface area contributed by atoms with Crippen LogP contribution in [0.25, 0.3) is 11.1 Å². The van der Waals surface area contributed by atoms with Gasteiger partial charge in [0.05, 0.1) is 0 Å². The standard InChI is InChI=1S/C15H13FN2O/c16-12-7-5-11(6-8-12)9-10-17-15-18-13-3-1-2-4-14(13)19-15/h1-8H,9-10H2,(H,17,18). The van der Waals surface area contributed by atoms with E-state index in [1.165, 1.54) is 12.1 Å². The van der Waals surface area contributed by atoms with E-state index in [0.717, 1.165) is 23.1 Å². The molecule has 3 rings (SSSR count). The molecule has 3 nitrogen and oxygen atoms in total. The van der Waals surface area contributed by atoms with Crippen molar-refractivity contribution in [1.29, 1.82) is 0 Å². The van der Waals surface area contributed by atoms with Crippen LogP contribution in [-0.4, -0.2) is 11.5 Å². The summed E-state index contributed by atoms with van der Waals surface area (Å²) in [4.78, 5) is 4.32. The fourth-order valence-electron chi connectivity index (χ4n) is 1.91. The van der Waals surface area contributed by atoms with Crippen molar-refractivity contribution in [2.24, 2.45) is 0 Å². The maximum atomic E-state index is 12.8. The third-order valence-electron chi connectivity index (χ3n) is 2.90. The Bertz CT molecular complexity index is 643. The molecule has 0 unspecified atom stereocenters. The van der Waals surface area contributed by atoms with E-state index in [1.54, 1.807) is 12.1 Å². The molecule has 1 heterocycles. The van der Waals surface area contributed by atoms with Crippen molar-refractivity contribution in [2.75, 3.05) is 11.9 Å². The molecular formula is C15H13FN2O. The van der Waals surface area contributed by atoms with E-state index < -0.39 is 0 Å². The highest BCUT2D eigenvalue weighted by Crippen LogP contribution is 2.17. The number of hydrogen-bond acceptors (Lipinski definition) is 3. The molecular weight excluding hydrogens is 243 g/mol. The van der Waals surface area contributed by atoms with E-state index in [4.69, 9.17) is 4.42 Å². The van der Waals surface area contributed by atoms with Crippen molar-refractivity contribution in [3.63, 3.8) is 0 Å². The SMILES string of the molecule is Fc1ccc(CCNc2nc3ccccc3o2)cc1. The van der Waals surface area contributed by atoms with Gasteiger partial charge >= 0.3 is 0 Å². The summed E-state index contributed by atoms with van der Waals surface area (Å²) in [7, 11) is 0. The number of nitrogens with one attached hydrogen (secondary N) is 1. The van der Waals surface area contributed by atoms with Gasteiger partial charge in [-0.15, -0.1) is 0 Å². The molecule has 0 saturated heterocycles. The molecule has 0 aliphatic carbocycles. The maximum absolute atomic E-state index is 12.8. The van der Waals surface area contributed by atoms with Crippen LogP contribution in [-0.2, 0) is 6.42 Å². The van der Waals surface area contributed by atoms with Gasteiger partial charge in [0.1, 0.15) is 11.3 Å². The first-order valence-electron chi connectivity index (χ1n) is 6.15. The van der Waals surface area contributed by atoms with Gasteiger partial charge in [0, 0.05) is 6.54 Å². The molecule has 1 aromatic heterocycles. The average molecular weight is 256 g/mol. The van der Waals surface area contributed by atoms with E-state index in [0.29, 0.717) is 12.6 Å². The van der Waals surface area contributed by atoms with Crippen LogP contribution in [0.4, 0.5) is 10.4 Å². The lowest BCUT2D eigenvalue weighted by Gasteiger charge is -2.01. The molecule has 0 aliphatic rings. The van der Waals surface area contributed by atoms with Crippen LogP contribution in [0.2, 0.25) is 0 Å². The second-order valence-electron chi connectivity index (χ2n) is 4.29. The number of rotatable bonds is 4. The van der Waals surface area contributed by atoms with Gasteiger partial charge in [-0.2, -0.15) is 4.98 Å². The molecule has 19 heavy (non-hydrogen) atoms. The number of halogens is 1. The fraction of sp³-hybridized carbons (Fsp3) is 0.133. The van der Waals surface area contributed by atoms with E-state index in [1.807, 2.05) is 24.3 Å². The largest absolute Gasteiger partial charge is 0.424 e. The van der Waals surface area contributed by atoms with Gasteiger partial charge in [0.25, 0.3) is 6.01 Å². The van der Waals surface area contributed by atoms with Crippen LogP contribution in [0.5, 0.6) is 0 Å². The molecule has 0 aliphatic heterocycles. The number of fused-ring (bicyclic) bond motifs is 1. The third-order valence-corrected chi connectivity index (χ3v) is 2.90. The molecule has 4 heteroatoms. The van der Waals surface area contributed by atoms with Crippen molar-refractivity contribution in [3.8, 4) is 0 Å². The van der Waals surface area contributed by atoms with E-state index in [-0.39, 0.29) is 5.82 Å². The van der Waals surface area contributed by atoms with Crippen molar-refractivity contribution in [1.82, 2.24) is 4.98 Å². The molecule has 0 saturated carbocycles. The topological polar surface area (TPSA) is 38.1 Å². The number of aromatic nitrogens is 1. The quantitative estimate of drug-likeness (QED) is 0.774. The second kappa shape index (κ2) is 5.10. The zero-order chi connectivity index (χ0) is 13.1. The van der Waals surface area contributed by atoms with Gasteiger partial charge in [-0.3, -0.25) is 0 Å². The summed E-state index contributed by atoms with van der Waals surface area (Å²) in [5.74, 6) is -0.212. The van der Waals surface area contributed by atoms with Crippen molar-refractivity contribution in [3.05, 3.63) is 59.9 Å². The zero-order valence-corrected chi connectivity index (χ0v) is 10.3. The molecule has 0 radical (unpaired) electrons. The lowest BCUT2D eigenvalue weighted by atomic mass is 10.1. The summed E-state index contributed by atoms with van der Waals surface area (Å²) in [5, 5.41) is 3.13. The van der Waals surface area contributed by atoms with Gasteiger partial charge in [-0.05, 0) is 36.2 Å². The average Bonchev–Trinajstić information content (AvgIpc) is 2.83. The second-order valence-corrected chi connectivity index (χ2v) is 4.29. The number of anilines is 1. The molecule has 0 spiro atoms.